The number of phenols is 1. The second-order valence-electron chi connectivity index (χ2n) is 3.31. The predicted octanol–water partition coefficient (Wildman–Crippen LogP) is 2.64. The summed E-state index contributed by atoms with van der Waals surface area (Å²) in [5.74, 6) is -0.979. The van der Waals surface area contributed by atoms with Crippen molar-refractivity contribution in [3.05, 3.63) is 27.9 Å². The second-order valence-corrected chi connectivity index (χ2v) is 4.10. The molecule has 0 unspecified atom stereocenters. The van der Waals surface area contributed by atoms with Gasteiger partial charge >= 0.3 is 5.97 Å². The van der Waals surface area contributed by atoms with E-state index in [9.17, 15) is 9.90 Å². The zero-order chi connectivity index (χ0) is 11.2. The van der Waals surface area contributed by atoms with Gasteiger partial charge in [0.25, 0.3) is 0 Å². The van der Waals surface area contributed by atoms with Gasteiger partial charge in [-0.05, 0) is 40.5 Å². The Morgan fingerprint density at radius 3 is 2.73 bits per heavy atom. The summed E-state index contributed by atoms with van der Waals surface area (Å²) in [6.07, 6.45) is 0. The van der Waals surface area contributed by atoms with Crippen LogP contribution in [0.4, 0.5) is 0 Å². The zero-order valence-corrected chi connectivity index (χ0v) is 9.42. The van der Waals surface area contributed by atoms with Gasteiger partial charge in [0.1, 0.15) is 11.4 Å². The molecule has 5 heteroatoms. The fourth-order valence-electron chi connectivity index (χ4n) is 1.48. The highest BCUT2D eigenvalue weighted by atomic mass is 79.9. The van der Waals surface area contributed by atoms with Crippen molar-refractivity contribution in [2.45, 2.75) is 6.92 Å². The van der Waals surface area contributed by atoms with Gasteiger partial charge in [-0.25, -0.2) is 4.79 Å². The minimum absolute atomic E-state index is 0.0637. The van der Waals surface area contributed by atoms with Crippen molar-refractivity contribution in [3.8, 4) is 5.75 Å². The summed E-state index contributed by atoms with van der Waals surface area (Å²) in [6.45, 7) is 1.82. The number of aromatic carboxylic acids is 1. The number of phenolic OH excluding ortho intramolecular Hbond substituents is 1. The molecule has 0 amide bonds. The Morgan fingerprint density at radius 1 is 1.47 bits per heavy atom. The van der Waals surface area contributed by atoms with Crippen LogP contribution < -0.4 is 0 Å². The first-order valence-electron chi connectivity index (χ1n) is 4.25. The Hall–Kier alpha value is -1.49. The van der Waals surface area contributed by atoms with Gasteiger partial charge in [-0.3, -0.25) is 0 Å². The molecule has 15 heavy (non-hydrogen) atoms. The van der Waals surface area contributed by atoms with Crippen LogP contribution in [0.1, 0.15) is 16.1 Å². The van der Waals surface area contributed by atoms with Crippen LogP contribution in [0.2, 0.25) is 0 Å². The van der Waals surface area contributed by atoms with E-state index in [2.05, 4.69) is 20.9 Å². The van der Waals surface area contributed by atoms with E-state index in [0.29, 0.717) is 15.4 Å². The summed E-state index contributed by atoms with van der Waals surface area (Å²) >= 11 is 3.24. The maximum Gasteiger partial charge on any atom is 0.352 e. The number of nitrogens with one attached hydrogen (secondary N) is 1. The molecular weight excluding hydrogens is 262 g/mol. The van der Waals surface area contributed by atoms with Gasteiger partial charge in [0.05, 0.1) is 9.99 Å². The number of halogens is 1. The maximum atomic E-state index is 10.7. The van der Waals surface area contributed by atoms with E-state index in [1.165, 1.54) is 6.07 Å². The highest BCUT2D eigenvalue weighted by Crippen LogP contribution is 2.35. The van der Waals surface area contributed by atoms with E-state index in [1.807, 2.05) is 6.92 Å². The van der Waals surface area contributed by atoms with Gasteiger partial charge < -0.3 is 15.2 Å². The summed E-state index contributed by atoms with van der Waals surface area (Å²) in [6, 6.07) is 3.20. The fourth-order valence-corrected chi connectivity index (χ4v) is 1.81. The molecule has 0 aliphatic rings. The number of aromatic hydroxyl groups is 1. The van der Waals surface area contributed by atoms with Crippen LogP contribution in [0.5, 0.6) is 5.75 Å². The third-order valence-electron chi connectivity index (χ3n) is 2.25. The van der Waals surface area contributed by atoms with Gasteiger partial charge in [-0.2, -0.15) is 0 Å². The number of rotatable bonds is 1. The Balaban J connectivity index is 2.82. The summed E-state index contributed by atoms with van der Waals surface area (Å²) in [7, 11) is 0. The lowest BCUT2D eigenvalue weighted by molar-refractivity contribution is 0.0691. The van der Waals surface area contributed by atoms with Gasteiger partial charge in [0, 0.05) is 5.39 Å². The van der Waals surface area contributed by atoms with E-state index in [4.69, 9.17) is 5.11 Å². The Morgan fingerprint density at radius 2 is 2.13 bits per heavy atom. The molecule has 0 atom stereocenters. The molecule has 1 aromatic heterocycles. The van der Waals surface area contributed by atoms with E-state index >= 15 is 0 Å². The summed E-state index contributed by atoms with van der Waals surface area (Å²) in [4.78, 5) is 13.5. The predicted molar refractivity (Wildman–Crippen MR) is 59.4 cm³/mol. The number of aromatic amines is 1. The molecule has 0 saturated heterocycles. The van der Waals surface area contributed by atoms with E-state index in [0.717, 1.165) is 5.56 Å². The van der Waals surface area contributed by atoms with E-state index in [-0.39, 0.29) is 11.4 Å². The SMILES string of the molecule is Cc1cc2[nH]c(C(=O)O)cc2c(O)c1Br. The van der Waals surface area contributed by atoms with Gasteiger partial charge in [0.15, 0.2) is 0 Å². The molecule has 0 spiro atoms. The highest BCUT2D eigenvalue weighted by Gasteiger charge is 2.13. The molecule has 0 aliphatic carbocycles. The fraction of sp³-hybridized carbons (Fsp3) is 0.100. The molecule has 4 nitrogen and oxygen atoms in total. The van der Waals surface area contributed by atoms with E-state index < -0.39 is 5.97 Å². The summed E-state index contributed by atoms with van der Waals surface area (Å²) in [5, 5.41) is 19.1. The molecule has 78 valence electrons. The monoisotopic (exact) mass is 269 g/mol. The quantitative estimate of drug-likeness (QED) is 0.745. The Labute approximate surface area is 93.7 Å². The normalized spacial score (nSPS) is 10.8. The third kappa shape index (κ3) is 1.48. The number of benzene rings is 1. The second kappa shape index (κ2) is 3.27. The molecule has 0 saturated carbocycles. The number of H-pyrrole nitrogens is 1. The van der Waals surface area contributed by atoms with Crippen LogP contribution in [0, 0.1) is 6.92 Å². The van der Waals surface area contributed by atoms with Crippen LogP contribution in [0.3, 0.4) is 0 Å². The average Bonchev–Trinajstić information content (AvgIpc) is 2.58. The molecule has 3 N–H and O–H groups in total. The summed E-state index contributed by atoms with van der Waals surface area (Å²) < 4.78 is 0.589. The molecule has 0 bridgehead atoms. The first kappa shape index (κ1) is 10.0. The van der Waals surface area contributed by atoms with Crippen molar-refractivity contribution >= 4 is 32.8 Å². The number of aryl methyl sites for hydroxylation is 1. The van der Waals surface area contributed by atoms with Crippen LogP contribution in [-0.2, 0) is 0 Å². The minimum atomic E-state index is -1.04. The minimum Gasteiger partial charge on any atom is -0.506 e. The molecule has 0 aliphatic heterocycles. The Kier molecular flexibility index (Phi) is 2.19. The zero-order valence-electron chi connectivity index (χ0n) is 7.84. The smallest absolute Gasteiger partial charge is 0.352 e. The van der Waals surface area contributed by atoms with E-state index in [1.54, 1.807) is 6.07 Å². The van der Waals surface area contributed by atoms with Crippen molar-refractivity contribution in [2.75, 3.05) is 0 Å². The maximum absolute atomic E-state index is 10.7. The van der Waals surface area contributed by atoms with Crippen LogP contribution in [0.15, 0.2) is 16.6 Å². The molecular formula is C10H8BrNO3. The standard InChI is InChI=1S/C10H8BrNO3/c1-4-2-6-5(9(13)8(4)11)3-7(12-6)10(14)15/h2-3,12-13H,1H3,(H,14,15). The number of carboxylic acids is 1. The number of hydrogen-bond donors (Lipinski definition) is 3. The molecule has 1 aromatic carbocycles. The molecule has 0 radical (unpaired) electrons. The van der Waals surface area contributed by atoms with Crippen LogP contribution >= 0.6 is 15.9 Å². The number of aromatic nitrogens is 1. The Bertz CT molecular complexity index is 559. The van der Waals surface area contributed by atoms with Gasteiger partial charge in [-0.1, -0.05) is 0 Å². The van der Waals surface area contributed by atoms with Crippen molar-refractivity contribution in [3.63, 3.8) is 0 Å². The summed E-state index contributed by atoms with van der Waals surface area (Å²) in [5.41, 5.74) is 1.53. The molecule has 2 aromatic rings. The topological polar surface area (TPSA) is 73.3 Å². The lowest BCUT2D eigenvalue weighted by atomic mass is 10.1. The van der Waals surface area contributed by atoms with Crippen LogP contribution in [-0.4, -0.2) is 21.2 Å². The first-order valence-corrected chi connectivity index (χ1v) is 5.04. The number of hydrogen-bond acceptors (Lipinski definition) is 2. The number of carboxylic acid groups (broad SMARTS) is 1. The lowest BCUT2D eigenvalue weighted by Gasteiger charge is -2.02. The first-order chi connectivity index (χ1) is 7.00. The van der Waals surface area contributed by atoms with Crippen molar-refractivity contribution < 1.29 is 15.0 Å². The number of fused-ring (bicyclic) bond motifs is 1. The van der Waals surface area contributed by atoms with Crippen molar-refractivity contribution in [1.82, 2.24) is 4.98 Å². The van der Waals surface area contributed by atoms with Crippen molar-refractivity contribution in [2.24, 2.45) is 0 Å². The van der Waals surface area contributed by atoms with Gasteiger partial charge in [0.2, 0.25) is 0 Å². The van der Waals surface area contributed by atoms with Gasteiger partial charge in [-0.15, -0.1) is 0 Å². The lowest BCUT2D eigenvalue weighted by Crippen LogP contribution is -1.94. The van der Waals surface area contributed by atoms with Crippen molar-refractivity contribution in [1.29, 1.82) is 0 Å². The molecule has 2 rings (SSSR count). The third-order valence-corrected chi connectivity index (χ3v) is 3.25. The number of carbonyl (C=O) groups is 1. The highest BCUT2D eigenvalue weighted by molar-refractivity contribution is 9.10. The van der Waals surface area contributed by atoms with Crippen LogP contribution in [0.25, 0.3) is 10.9 Å². The molecule has 0 fully saturated rings. The largest absolute Gasteiger partial charge is 0.506 e. The average molecular weight is 270 g/mol. The molecule has 1 heterocycles.